The Morgan fingerprint density at radius 3 is 2.74 bits per heavy atom. The van der Waals surface area contributed by atoms with Gasteiger partial charge in [-0.1, -0.05) is 6.07 Å². The molecule has 1 aromatic heterocycles. The van der Waals surface area contributed by atoms with Gasteiger partial charge in [0, 0.05) is 18.8 Å². The maximum absolute atomic E-state index is 13.2. The van der Waals surface area contributed by atoms with Crippen molar-refractivity contribution in [2.45, 2.75) is 12.7 Å². The van der Waals surface area contributed by atoms with Crippen LogP contribution in [0.25, 0.3) is 22.2 Å². The van der Waals surface area contributed by atoms with Crippen molar-refractivity contribution in [3.05, 3.63) is 53.3 Å². The van der Waals surface area contributed by atoms with E-state index in [2.05, 4.69) is 9.98 Å². The van der Waals surface area contributed by atoms with Crippen LogP contribution in [0.3, 0.4) is 0 Å². The average Bonchev–Trinajstić information content (AvgIpc) is 3.12. The molecule has 0 atom stereocenters. The number of hydrogen-bond acceptors (Lipinski definition) is 2. The first-order valence-electron chi connectivity index (χ1n) is 7.09. The van der Waals surface area contributed by atoms with Gasteiger partial charge in [0.05, 0.1) is 29.5 Å². The molecule has 3 aromatic rings. The summed E-state index contributed by atoms with van der Waals surface area (Å²) in [7, 11) is 1.86. The maximum Gasteiger partial charge on any atom is 0.416 e. The van der Waals surface area contributed by atoms with Crippen LogP contribution in [0, 0.1) is 0 Å². The summed E-state index contributed by atoms with van der Waals surface area (Å²) in [5, 5.41) is 0. The average molecular weight is 315 g/mol. The summed E-state index contributed by atoms with van der Waals surface area (Å²) < 4.78 is 41.3. The number of rotatable bonds is 1. The van der Waals surface area contributed by atoms with E-state index in [4.69, 9.17) is 0 Å². The van der Waals surface area contributed by atoms with Gasteiger partial charge in [0.15, 0.2) is 0 Å². The fourth-order valence-corrected chi connectivity index (χ4v) is 2.93. The molecule has 0 N–H and O–H groups in total. The topological polar surface area (TPSA) is 30.2 Å². The predicted octanol–water partition coefficient (Wildman–Crippen LogP) is 4.19. The minimum Gasteiger partial charge on any atom is -0.334 e. The first-order chi connectivity index (χ1) is 10.9. The molecule has 23 heavy (non-hydrogen) atoms. The van der Waals surface area contributed by atoms with E-state index < -0.39 is 11.7 Å². The van der Waals surface area contributed by atoms with Gasteiger partial charge in [-0.05, 0) is 41.0 Å². The monoisotopic (exact) mass is 315 g/mol. The molecule has 0 aliphatic carbocycles. The number of aryl methyl sites for hydroxylation is 1. The van der Waals surface area contributed by atoms with Crippen LogP contribution >= 0.6 is 0 Å². The standard InChI is InChI=1S/C17H12F3N3/c1-23-9-22-15-3-2-10(5-16(15)23)13-6-12(17(18,19)20)4-11-7-21-8-14(11)13/h2-6,8-9H,7H2,1H3. The summed E-state index contributed by atoms with van der Waals surface area (Å²) in [5.41, 5.74) is 3.72. The van der Waals surface area contributed by atoms with Crippen molar-refractivity contribution < 1.29 is 13.2 Å². The number of benzene rings is 2. The molecule has 116 valence electrons. The second-order valence-corrected chi connectivity index (χ2v) is 5.62. The maximum atomic E-state index is 13.2. The van der Waals surface area contributed by atoms with Gasteiger partial charge in [0.25, 0.3) is 0 Å². The third kappa shape index (κ3) is 2.21. The Kier molecular flexibility index (Phi) is 2.85. The Labute approximate surface area is 130 Å². The lowest BCUT2D eigenvalue weighted by Crippen LogP contribution is -2.07. The largest absolute Gasteiger partial charge is 0.416 e. The fourth-order valence-electron chi connectivity index (χ4n) is 2.93. The summed E-state index contributed by atoms with van der Waals surface area (Å²) in [6.45, 7) is 0.292. The normalized spacial score (nSPS) is 13.7. The highest BCUT2D eigenvalue weighted by Gasteiger charge is 2.32. The van der Waals surface area contributed by atoms with E-state index in [1.807, 2.05) is 23.7 Å². The molecule has 0 unspecified atom stereocenters. The van der Waals surface area contributed by atoms with Gasteiger partial charge < -0.3 is 4.57 Å². The second-order valence-electron chi connectivity index (χ2n) is 5.62. The van der Waals surface area contributed by atoms with Crippen molar-refractivity contribution >= 4 is 17.2 Å². The van der Waals surface area contributed by atoms with Crippen LogP contribution in [-0.4, -0.2) is 15.8 Å². The highest BCUT2D eigenvalue weighted by Crippen LogP contribution is 2.37. The third-order valence-electron chi connectivity index (χ3n) is 4.11. The van der Waals surface area contributed by atoms with Crippen molar-refractivity contribution in [3.63, 3.8) is 0 Å². The third-order valence-corrected chi connectivity index (χ3v) is 4.11. The predicted molar refractivity (Wildman–Crippen MR) is 82.5 cm³/mol. The van der Waals surface area contributed by atoms with Crippen molar-refractivity contribution in [2.75, 3.05) is 0 Å². The molecule has 2 heterocycles. The summed E-state index contributed by atoms with van der Waals surface area (Å²) in [4.78, 5) is 8.36. The summed E-state index contributed by atoms with van der Waals surface area (Å²) in [6, 6.07) is 7.88. The summed E-state index contributed by atoms with van der Waals surface area (Å²) >= 11 is 0. The molecular weight excluding hydrogens is 303 g/mol. The van der Waals surface area contributed by atoms with Gasteiger partial charge in [-0.15, -0.1) is 0 Å². The Balaban J connectivity index is 1.97. The zero-order chi connectivity index (χ0) is 16.2. The smallest absolute Gasteiger partial charge is 0.334 e. The second kappa shape index (κ2) is 4.68. The van der Waals surface area contributed by atoms with Crippen LogP contribution in [0.1, 0.15) is 16.7 Å². The van der Waals surface area contributed by atoms with E-state index in [0.717, 1.165) is 22.2 Å². The Bertz CT molecular complexity index is 952. The molecule has 3 nitrogen and oxygen atoms in total. The summed E-state index contributed by atoms with van der Waals surface area (Å²) in [6.07, 6.45) is -1.03. The molecule has 0 spiro atoms. The van der Waals surface area contributed by atoms with Crippen molar-refractivity contribution in [1.29, 1.82) is 0 Å². The molecule has 1 aliphatic heterocycles. The van der Waals surface area contributed by atoms with Gasteiger partial charge in [0.1, 0.15) is 0 Å². The van der Waals surface area contributed by atoms with E-state index >= 15 is 0 Å². The Morgan fingerprint density at radius 2 is 1.96 bits per heavy atom. The molecule has 6 heteroatoms. The van der Waals surface area contributed by atoms with Gasteiger partial charge in [-0.25, -0.2) is 4.98 Å². The van der Waals surface area contributed by atoms with E-state index in [9.17, 15) is 13.2 Å². The van der Waals surface area contributed by atoms with Gasteiger partial charge in [-0.3, -0.25) is 4.99 Å². The molecule has 0 fully saturated rings. The highest BCUT2D eigenvalue weighted by molar-refractivity contribution is 5.96. The van der Waals surface area contributed by atoms with E-state index in [1.54, 1.807) is 18.6 Å². The molecule has 2 aromatic carbocycles. The van der Waals surface area contributed by atoms with Crippen LogP contribution in [0.5, 0.6) is 0 Å². The molecule has 0 bridgehead atoms. The lowest BCUT2D eigenvalue weighted by molar-refractivity contribution is -0.137. The lowest BCUT2D eigenvalue weighted by atomic mass is 9.94. The number of aliphatic imine (C=N–C) groups is 1. The number of fused-ring (bicyclic) bond motifs is 2. The number of alkyl halides is 3. The lowest BCUT2D eigenvalue weighted by Gasteiger charge is -2.13. The number of hydrogen-bond donors (Lipinski definition) is 0. The van der Waals surface area contributed by atoms with Crippen LogP contribution in [-0.2, 0) is 19.8 Å². The molecule has 4 rings (SSSR count). The quantitative estimate of drug-likeness (QED) is 0.662. The minimum absolute atomic E-state index is 0.292. The molecule has 1 aliphatic rings. The Hall–Kier alpha value is -2.63. The van der Waals surface area contributed by atoms with E-state index in [1.165, 1.54) is 12.1 Å². The molecule has 0 saturated heterocycles. The Morgan fingerprint density at radius 1 is 1.13 bits per heavy atom. The fraction of sp³-hybridized carbons (Fsp3) is 0.176. The van der Waals surface area contributed by atoms with Gasteiger partial charge in [-0.2, -0.15) is 13.2 Å². The van der Waals surface area contributed by atoms with Crippen LogP contribution < -0.4 is 0 Å². The minimum atomic E-state index is -4.37. The summed E-state index contributed by atoms with van der Waals surface area (Å²) in [5.74, 6) is 0. The first kappa shape index (κ1) is 14.0. The molecule has 0 amide bonds. The van der Waals surface area contributed by atoms with Crippen molar-refractivity contribution in [3.8, 4) is 11.1 Å². The van der Waals surface area contributed by atoms with Crippen LogP contribution in [0.15, 0.2) is 41.7 Å². The number of nitrogens with zero attached hydrogens (tertiary/aromatic N) is 3. The molecule has 0 saturated carbocycles. The zero-order valence-corrected chi connectivity index (χ0v) is 12.2. The number of imidazole rings is 1. The SMILES string of the molecule is Cn1cnc2ccc(-c3cc(C(F)(F)F)cc4c3C=NC4)cc21. The first-order valence-corrected chi connectivity index (χ1v) is 7.09. The van der Waals surface area contributed by atoms with Gasteiger partial charge in [0.2, 0.25) is 0 Å². The van der Waals surface area contributed by atoms with Crippen molar-refractivity contribution in [1.82, 2.24) is 9.55 Å². The molecule has 0 radical (unpaired) electrons. The highest BCUT2D eigenvalue weighted by atomic mass is 19.4. The van der Waals surface area contributed by atoms with Crippen LogP contribution in [0.4, 0.5) is 13.2 Å². The van der Waals surface area contributed by atoms with E-state index in [0.29, 0.717) is 17.7 Å². The number of halogens is 3. The zero-order valence-electron chi connectivity index (χ0n) is 12.2. The van der Waals surface area contributed by atoms with Crippen molar-refractivity contribution in [2.24, 2.45) is 12.0 Å². The van der Waals surface area contributed by atoms with E-state index in [-0.39, 0.29) is 0 Å². The molecular formula is C17H12F3N3. The van der Waals surface area contributed by atoms with Crippen LogP contribution in [0.2, 0.25) is 0 Å². The van der Waals surface area contributed by atoms with Gasteiger partial charge >= 0.3 is 6.18 Å². The number of aromatic nitrogens is 2.